The molecular weight excluding hydrogens is 263 g/mol. The van der Waals surface area contributed by atoms with Crippen LogP contribution < -0.4 is 0 Å². The van der Waals surface area contributed by atoms with Crippen molar-refractivity contribution in [2.24, 2.45) is 0 Å². The van der Waals surface area contributed by atoms with Crippen LogP contribution in [0.1, 0.15) is 5.69 Å². The lowest BCUT2D eigenvalue weighted by Gasteiger charge is -2.05. The second-order valence-corrected chi connectivity index (χ2v) is 4.69. The van der Waals surface area contributed by atoms with Gasteiger partial charge in [-0.05, 0) is 23.6 Å². The Morgan fingerprint density at radius 3 is 2.74 bits per heavy atom. The molecule has 0 atom stereocenters. The first-order chi connectivity index (χ1) is 9.31. The predicted octanol–water partition coefficient (Wildman–Crippen LogP) is 3.01. The zero-order chi connectivity index (χ0) is 13.2. The summed E-state index contributed by atoms with van der Waals surface area (Å²) >= 11 is 1.45. The maximum atomic E-state index is 13.8. The molecule has 3 aromatic rings. The van der Waals surface area contributed by atoms with Gasteiger partial charge in [0.1, 0.15) is 23.3 Å². The highest BCUT2D eigenvalue weighted by Gasteiger charge is 2.18. The van der Waals surface area contributed by atoms with Gasteiger partial charge < -0.3 is 0 Å². The molecule has 4 nitrogen and oxygen atoms in total. The van der Waals surface area contributed by atoms with Crippen LogP contribution in [0.4, 0.5) is 4.39 Å². The van der Waals surface area contributed by atoms with Crippen LogP contribution >= 0.6 is 11.3 Å². The molecule has 0 fully saturated rings. The molecule has 0 aliphatic rings. The SMILES string of the molecule is N#Cc1nnn(-c2ccccc2F)c1-c1cccs1. The fourth-order valence-electron chi connectivity index (χ4n) is 1.78. The van der Waals surface area contributed by atoms with Gasteiger partial charge in [-0.15, -0.1) is 16.4 Å². The van der Waals surface area contributed by atoms with Gasteiger partial charge in [-0.3, -0.25) is 0 Å². The zero-order valence-electron chi connectivity index (χ0n) is 9.62. The molecule has 0 saturated carbocycles. The number of aromatic nitrogens is 3. The largest absolute Gasteiger partial charge is 0.208 e. The van der Waals surface area contributed by atoms with E-state index in [1.807, 2.05) is 23.6 Å². The lowest BCUT2D eigenvalue weighted by Crippen LogP contribution is -2.01. The third kappa shape index (κ3) is 1.90. The van der Waals surface area contributed by atoms with Gasteiger partial charge in [0.25, 0.3) is 0 Å². The monoisotopic (exact) mass is 270 g/mol. The molecule has 19 heavy (non-hydrogen) atoms. The van der Waals surface area contributed by atoms with Gasteiger partial charge in [0, 0.05) is 0 Å². The number of thiophene rings is 1. The molecule has 0 aliphatic carbocycles. The summed E-state index contributed by atoms with van der Waals surface area (Å²) in [6.07, 6.45) is 0. The number of benzene rings is 1. The molecule has 0 N–H and O–H groups in total. The van der Waals surface area contributed by atoms with Crippen LogP contribution in [0.3, 0.4) is 0 Å². The summed E-state index contributed by atoms with van der Waals surface area (Å²) in [5.41, 5.74) is 0.980. The highest BCUT2D eigenvalue weighted by atomic mass is 32.1. The third-order valence-corrected chi connectivity index (χ3v) is 3.49. The molecule has 0 amide bonds. The van der Waals surface area contributed by atoms with Gasteiger partial charge in [0.15, 0.2) is 5.69 Å². The number of hydrogen-bond donors (Lipinski definition) is 0. The Morgan fingerprint density at radius 1 is 1.21 bits per heavy atom. The Balaban J connectivity index is 2.27. The number of para-hydroxylation sites is 1. The van der Waals surface area contributed by atoms with Crippen LogP contribution in [0.15, 0.2) is 41.8 Å². The molecule has 0 unspecified atom stereocenters. The van der Waals surface area contributed by atoms with Crippen molar-refractivity contribution < 1.29 is 4.39 Å². The molecule has 6 heteroatoms. The summed E-state index contributed by atoms with van der Waals surface area (Å²) in [4.78, 5) is 0.824. The topological polar surface area (TPSA) is 54.5 Å². The number of nitrogens with zero attached hydrogens (tertiary/aromatic N) is 4. The van der Waals surface area contributed by atoms with E-state index >= 15 is 0 Å². The molecule has 2 heterocycles. The minimum absolute atomic E-state index is 0.186. The summed E-state index contributed by atoms with van der Waals surface area (Å²) in [5, 5.41) is 18.7. The van der Waals surface area contributed by atoms with E-state index in [1.165, 1.54) is 22.1 Å². The van der Waals surface area contributed by atoms with E-state index < -0.39 is 5.82 Å². The standard InChI is InChI=1S/C13H7FN4S/c14-9-4-1-2-5-11(9)18-13(10(8-15)16-17-18)12-6-3-7-19-12/h1-7H. The van der Waals surface area contributed by atoms with Crippen molar-refractivity contribution in [2.45, 2.75) is 0 Å². The van der Waals surface area contributed by atoms with Crippen molar-refractivity contribution in [3.63, 3.8) is 0 Å². The van der Waals surface area contributed by atoms with Crippen molar-refractivity contribution in [1.29, 1.82) is 5.26 Å². The minimum Gasteiger partial charge on any atom is -0.208 e. The highest BCUT2D eigenvalue weighted by molar-refractivity contribution is 7.13. The van der Waals surface area contributed by atoms with E-state index in [-0.39, 0.29) is 11.4 Å². The van der Waals surface area contributed by atoms with Gasteiger partial charge in [-0.25, -0.2) is 9.07 Å². The minimum atomic E-state index is -0.408. The Bertz CT molecular complexity index is 755. The Labute approximate surface area is 112 Å². The number of hydrogen-bond acceptors (Lipinski definition) is 4. The molecule has 0 radical (unpaired) electrons. The fraction of sp³-hybridized carbons (Fsp3) is 0. The molecule has 0 aliphatic heterocycles. The molecule has 1 aromatic carbocycles. The Hall–Kier alpha value is -2.52. The predicted molar refractivity (Wildman–Crippen MR) is 69.3 cm³/mol. The molecular formula is C13H7FN4S. The first kappa shape index (κ1) is 11.6. The maximum absolute atomic E-state index is 13.8. The van der Waals surface area contributed by atoms with Crippen LogP contribution in [0.25, 0.3) is 16.3 Å². The van der Waals surface area contributed by atoms with Crippen LogP contribution in [0, 0.1) is 17.1 Å². The average Bonchev–Trinajstić information content (AvgIpc) is 3.07. The summed E-state index contributed by atoms with van der Waals surface area (Å²) in [6, 6.07) is 12.0. The van der Waals surface area contributed by atoms with Crippen LogP contribution in [0.5, 0.6) is 0 Å². The van der Waals surface area contributed by atoms with E-state index in [0.29, 0.717) is 5.69 Å². The Kier molecular flexibility index (Phi) is 2.82. The molecule has 3 rings (SSSR count). The second-order valence-electron chi connectivity index (χ2n) is 3.74. The zero-order valence-corrected chi connectivity index (χ0v) is 10.4. The summed E-state index contributed by atoms with van der Waals surface area (Å²) < 4.78 is 15.2. The van der Waals surface area contributed by atoms with E-state index in [0.717, 1.165) is 4.88 Å². The summed E-state index contributed by atoms with van der Waals surface area (Å²) in [7, 11) is 0. The van der Waals surface area contributed by atoms with E-state index in [1.54, 1.807) is 18.2 Å². The van der Waals surface area contributed by atoms with Crippen molar-refractivity contribution >= 4 is 11.3 Å². The fourth-order valence-corrected chi connectivity index (χ4v) is 2.54. The van der Waals surface area contributed by atoms with Gasteiger partial charge >= 0.3 is 0 Å². The maximum Gasteiger partial charge on any atom is 0.191 e. The molecule has 0 saturated heterocycles. The normalized spacial score (nSPS) is 10.3. The lowest BCUT2D eigenvalue weighted by atomic mass is 10.2. The average molecular weight is 270 g/mol. The molecule has 0 bridgehead atoms. The number of halogens is 1. The first-order valence-electron chi connectivity index (χ1n) is 5.46. The quantitative estimate of drug-likeness (QED) is 0.719. The summed E-state index contributed by atoms with van der Waals surface area (Å²) in [5.74, 6) is -0.408. The highest BCUT2D eigenvalue weighted by Crippen LogP contribution is 2.29. The Morgan fingerprint density at radius 2 is 2.05 bits per heavy atom. The molecule has 2 aromatic heterocycles. The first-order valence-corrected chi connectivity index (χ1v) is 6.34. The molecule has 92 valence electrons. The van der Waals surface area contributed by atoms with Crippen molar-refractivity contribution in [2.75, 3.05) is 0 Å². The van der Waals surface area contributed by atoms with Gasteiger partial charge in [0.2, 0.25) is 0 Å². The van der Waals surface area contributed by atoms with E-state index in [4.69, 9.17) is 5.26 Å². The second kappa shape index (κ2) is 4.63. The summed E-state index contributed by atoms with van der Waals surface area (Å²) in [6.45, 7) is 0. The number of rotatable bonds is 2. The van der Waals surface area contributed by atoms with Crippen molar-refractivity contribution in [3.8, 4) is 22.3 Å². The van der Waals surface area contributed by atoms with Gasteiger partial charge in [-0.2, -0.15) is 5.26 Å². The van der Waals surface area contributed by atoms with Crippen LogP contribution in [0.2, 0.25) is 0 Å². The smallest absolute Gasteiger partial charge is 0.191 e. The van der Waals surface area contributed by atoms with Crippen LogP contribution in [-0.2, 0) is 0 Å². The van der Waals surface area contributed by atoms with Gasteiger partial charge in [-0.1, -0.05) is 23.4 Å². The van der Waals surface area contributed by atoms with Crippen molar-refractivity contribution in [1.82, 2.24) is 15.0 Å². The van der Waals surface area contributed by atoms with Crippen molar-refractivity contribution in [3.05, 3.63) is 53.3 Å². The van der Waals surface area contributed by atoms with Crippen LogP contribution in [-0.4, -0.2) is 15.0 Å². The third-order valence-electron chi connectivity index (χ3n) is 2.61. The van der Waals surface area contributed by atoms with E-state index in [2.05, 4.69) is 10.3 Å². The molecule has 0 spiro atoms. The van der Waals surface area contributed by atoms with E-state index in [9.17, 15) is 4.39 Å². The van der Waals surface area contributed by atoms with Gasteiger partial charge in [0.05, 0.1) is 4.88 Å². The number of nitriles is 1. The lowest BCUT2D eigenvalue weighted by molar-refractivity contribution is 0.608.